The maximum Gasteiger partial charge on any atom is 0.311 e. The van der Waals surface area contributed by atoms with Gasteiger partial charge in [0.05, 0.1) is 42.6 Å². The van der Waals surface area contributed by atoms with Gasteiger partial charge in [-0.15, -0.1) is 5.10 Å². The maximum absolute atomic E-state index is 12.2. The highest BCUT2D eigenvalue weighted by atomic mass is 16.5. The van der Waals surface area contributed by atoms with E-state index in [1.807, 2.05) is 0 Å². The van der Waals surface area contributed by atoms with Gasteiger partial charge in [0.2, 0.25) is 0 Å². The van der Waals surface area contributed by atoms with Crippen molar-refractivity contribution in [1.82, 2.24) is 20.0 Å². The molecule has 0 saturated heterocycles. The Kier molecular flexibility index (Phi) is 6.48. The third-order valence-corrected chi connectivity index (χ3v) is 6.00. The van der Waals surface area contributed by atoms with Gasteiger partial charge in [-0.3, -0.25) is 19.3 Å². The van der Waals surface area contributed by atoms with Crippen LogP contribution in [0.1, 0.15) is 50.6 Å². The van der Waals surface area contributed by atoms with E-state index in [1.165, 1.54) is 12.8 Å². The van der Waals surface area contributed by atoms with Crippen LogP contribution in [0.5, 0.6) is 5.75 Å². The zero-order valence-corrected chi connectivity index (χ0v) is 17.7. The van der Waals surface area contributed by atoms with Gasteiger partial charge in [0, 0.05) is 7.05 Å². The summed E-state index contributed by atoms with van der Waals surface area (Å²) in [6.45, 7) is 0.457. The van der Waals surface area contributed by atoms with E-state index in [2.05, 4.69) is 15.3 Å². The number of hydrogen-bond donors (Lipinski definition) is 1. The van der Waals surface area contributed by atoms with Crippen molar-refractivity contribution >= 4 is 11.9 Å². The number of aliphatic carboxylic acids is 1. The number of esters is 1. The van der Waals surface area contributed by atoms with Crippen molar-refractivity contribution in [1.29, 1.82) is 0 Å². The fourth-order valence-electron chi connectivity index (χ4n) is 3.97. The van der Waals surface area contributed by atoms with Crippen LogP contribution in [-0.2, 0) is 27.8 Å². The van der Waals surface area contributed by atoms with E-state index < -0.39 is 5.97 Å². The van der Waals surface area contributed by atoms with Gasteiger partial charge in [-0.05, 0) is 50.2 Å². The number of nitrogens with zero attached hydrogens (tertiary/aromatic N) is 4. The topological polar surface area (TPSA) is 116 Å². The van der Waals surface area contributed by atoms with Crippen molar-refractivity contribution in [2.24, 2.45) is 18.9 Å². The molecular formula is C22H28N4O5. The largest absolute Gasteiger partial charge is 0.489 e. The van der Waals surface area contributed by atoms with Gasteiger partial charge in [-0.1, -0.05) is 18.1 Å². The second kappa shape index (κ2) is 9.45. The van der Waals surface area contributed by atoms with Crippen LogP contribution in [0.4, 0.5) is 0 Å². The van der Waals surface area contributed by atoms with Gasteiger partial charge in [0.25, 0.3) is 0 Å². The van der Waals surface area contributed by atoms with Crippen LogP contribution in [0.3, 0.4) is 0 Å². The van der Waals surface area contributed by atoms with Crippen LogP contribution in [0.2, 0.25) is 0 Å². The van der Waals surface area contributed by atoms with E-state index >= 15 is 0 Å². The average Bonchev–Trinajstić information content (AvgIpc) is 3.52. The highest BCUT2D eigenvalue weighted by Crippen LogP contribution is 2.32. The Labute approximate surface area is 180 Å². The monoisotopic (exact) mass is 428 g/mol. The van der Waals surface area contributed by atoms with Crippen molar-refractivity contribution in [3.63, 3.8) is 0 Å². The summed E-state index contributed by atoms with van der Waals surface area (Å²) >= 11 is 0. The SMILES string of the molecule is Cn1nnc(-c2ccc(O[C@H]3CCC[C@H](C(=O)O)C3)cn2)c1CC(=O)OCCC1CC1. The normalized spacial score (nSPS) is 20.9. The van der Waals surface area contributed by atoms with Crippen molar-refractivity contribution in [2.45, 2.75) is 57.5 Å². The molecule has 0 spiro atoms. The number of carboxylic acids is 1. The Bertz CT molecular complexity index is 922. The lowest BCUT2D eigenvalue weighted by Gasteiger charge is -2.27. The maximum atomic E-state index is 12.2. The van der Waals surface area contributed by atoms with E-state index in [4.69, 9.17) is 9.47 Å². The first-order valence-electron chi connectivity index (χ1n) is 10.9. The molecule has 2 fully saturated rings. The Balaban J connectivity index is 1.37. The fraction of sp³-hybridized carbons (Fsp3) is 0.591. The first-order chi connectivity index (χ1) is 15.0. The first-order valence-corrected chi connectivity index (χ1v) is 10.9. The number of carboxylic acid groups (broad SMARTS) is 1. The zero-order valence-electron chi connectivity index (χ0n) is 17.7. The summed E-state index contributed by atoms with van der Waals surface area (Å²) in [5.74, 6) is -0.0993. The van der Waals surface area contributed by atoms with E-state index in [9.17, 15) is 14.7 Å². The smallest absolute Gasteiger partial charge is 0.311 e. The third kappa shape index (κ3) is 5.59. The van der Waals surface area contributed by atoms with Gasteiger partial charge >= 0.3 is 11.9 Å². The zero-order chi connectivity index (χ0) is 21.8. The molecule has 0 aromatic carbocycles. The molecule has 2 saturated carbocycles. The van der Waals surface area contributed by atoms with Crippen LogP contribution in [0.15, 0.2) is 18.3 Å². The Morgan fingerprint density at radius 3 is 2.77 bits per heavy atom. The number of aromatic nitrogens is 4. The second-order valence-electron chi connectivity index (χ2n) is 8.46. The van der Waals surface area contributed by atoms with Gasteiger partial charge in [-0.25, -0.2) is 0 Å². The molecule has 2 atom stereocenters. The molecule has 1 N–H and O–H groups in total. The number of rotatable bonds is 9. The summed E-state index contributed by atoms with van der Waals surface area (Å²) in [6.07, 6.45) is 7.85. The van der Waals surface area contributed by atoms with Crippen LogP contribution >= 0.6 is 0 Å². The van der Waals surface area contributed by atoms with Gasteiger partial charge in [0.15, 0.2) is 0 Å². The highest BCUT2D eigenvalue weighted by Gasteiger charge is 2.28. The standard InChI is InChI=1S/C22H28N4O5/c1-26-19(12-20(27)30-10-9-14-5-6-14)21(24-25-26)18-8-7-17(13-23-18)31-16-4-2-3-15(11-16)22(28)29/h7-8,13-16H,2-6,9-12H2,1H3,(H,28,29)/t15-,16-/m0/s1. The number of carbonyl (C=O) groups is 2. The molecule has 9 heteroatoms. The second-order valence-corrected chi connectivity index (χ2v) is 8.46. The molecule has 2 aromatic heterocycles. The van der Waals surface area contributed by atoms with Crippen molar-refractivity contribution in [2.75, 3.05) is 6.61 Å². The molecule has 31 heavy (non-hydrogen) atoms. The summed E-state index contributed by atoms with van der Waals surface area (Å²) in [4.78, 5) is 27.9. The van der Waals surface area contributed by atoms with Crippen molar-refractivity contribution < 1.29 is 24.2 Å². The van der Waals surface area contributed by atoms with Crippen LogP contribution in [0.25, 0.3) is 11.4 Å². The van der Waals surface area contributed by atoms with E-state index in [1.54, 1.807) is 30.1 Å². The summed E-state index contributed by atoms with van der Waals surface area (Å²) in [7, 11) is 1.74. The quantitative estimate of drug-likeness (QED) is 0.606. The van der Waals surface area contributed by atoms with Crippen molar-refractivity contribution in [3.8, 4) is 17.1 Å². The highest BCUT2D eigenvalue weighted by molar-refractivity contribution is 5.75. The Morgan fingerprint density at radius 1 is 1.23 bits per heavy atom. The molecule has 0 radical (unpaired) electrons. The predicted molar refractivity (Wildman–Crippen MR) is 110 cm³/mol. The van der Waals surface area contributed by atoms with E-state index in [0.29, 0.717) is 42.3 Å². The molecule has 0 unspecified atom stereocenters. The molecule has 2 aliphatic rings. The minimum atomic E-state index is -0.761. The molecular weight excluding hydrogens is 400 g/mol. The fourth-order valence-corrected chi connectivity index (χ4v) is 3.97. The molecule has 0 bridgehead atoms. The summed E-state index contributed by atoms with van der Waals surface area (Å²) in [5.41, 5.74) is 1.78. The van der Waals surface area contributed by atoms with Crippen LogP contribution in [-0.4, -0.2) is 49.7 Å². The lowest BCUT2D eigenvalue weighted by atomic mass is 9.87. The van der Waals surface area contributed by atoms with Crippen molar-refractivity contribution in [3.05, 3.63) is 24.0 Å². The van der Waals surface area contributed by atoms with Gasteiger partial charge in [0.1, 0.15) is 11.4 Å². The number of hydrogen-bond acceptors (Lipinski definition) is 7. The molecule has 9 nitrogen and oxygen atoms in total. The minimum absolute atomic E-state index is 0.0854. The molecule has 2 heterocycles. The average molecular weight is 428 g/mol. The number of carbonyl (C=O) groups excluding carboxylic acids is 1. The predicted octanol–water partition coefficient (Wildman–Crippen LogP) is 2.79. The number of ether oxygens (including phenoxy) is 2. The van der Waals surface area contributed by atoms with Crippen LogP contribution in [0, 0.1) is 11.8 Å². The summed E-state index contributed by atoms with van der Waals surface area (Å²) in [6, 6.07) is 3.57. The molecule has 2 aliphatic carbocycles. The summed E-state index contributed by atoms with van der Waals surface area (Å²) in [5, 5.41) is 17.4. The first kappa shape index (κ1) is 21.3. The third-order valence-electron chi connectivity index (χ3n) is 6.00. The molecule has 166 valence electrons. The number of aryl methyl sites for hydroxylation is 1. The van der Waals surface area contributed by atoms with Gasteiger partial charge in [-0.2, -0.15) is 0 Å². The lowest BCUT2D eigenvalue weighted by molar-refractivity contribution is -0.144. The van der Waals surface area contributed by atoms with E-state index in [0.717, 1.165) is 25.2 Å². The molecule has 4 rings (SSSR count). The van der Waals surface area contributed by atoms with Crippen LogP contribution < -0.4 is 4.74 Å². The van der Waals surface area contributed by atoms with E-state index in [-0.39, 0.29) is 24.4 Å². The molecule has 0 amide bonds. The minimum Gasteiger partial charge on any atom is -0.489 e. The molecule has 0 aliphatic heterocycles. The summed E-state index contributed by atoms with van der Waals surface area (Å²) < 4.78 is 12.9. The Morgan fingerprint density at radius 2 is 2.06 bits per heavy atom. The Hall–Kier alpha value is -2.97. The number of pyridine rings is 1. The van der Waals surface area contributed by atoms with Gasteiger partial charge < -0.3 is 14.6 Å². The lowest BCUT2D eigenvalue weighted by Crippen LogP contribution is -2.29. The molecule has 2 aromatic rings.